The number of hydrogen-bond donors (Lipinski definition) is 2. The number of alkyl halides is 3. The lowest BCUT2D eigenvalue weighted by Crippen LogP contribution is -2.17. The molecule has 0 unspecified atom stereocenters. The third-order valence-corrected chi connectivity index (χ3v) is 1.75. The summed E-state index contributed by atoms with van der Waals surface area (Å²) in [4.78, 5) is 14.0. The summed E-state index contributed by atoms with van der Waals surface area (Å²) in [6.07, 6.45) is -4.65. The monoisotopic (exact) mass is 250 g/mol. The Morgan fingerprint density at radius 3 is 2.59 bits per heavy atom. The fourth-order valence-electron chi connectivity index (χ4n) is 1.04. The number of nitrogens with two attached hydrogens (primary N) is 1. The van der Waals surface area contributed by atoms with Gasteiger partial charge in [-0.25, -0.2) is 4.98 Å². The first-order valence-electron chi connectivity index (χ1n) is 4.48. The minimum atomic E-state index is -4.65. The Morgan fingerprint density at radius 1 is 1.47 bits per heavy atom. The molecule has 1 heterocycles. The molecule has 94 valence electrons. The van der Waals surface area contributed by atoms with Crippen molar-refractivity contribution < 1.29 is 27.8 Å². The van der Waals surface area contributed by atoms with Crippen LogP contribution in [0.4, 0.5) is 13.2 Å². The summed E-state index contributed by atoms with van der Waals surface area (Å²) in [7, 11) is 0. The first-order valence-corrected chi connectivity index (χ1v) is 4.48. The van der Waals surface area contributed by atoms with Crippen LogP contribution >= 0.6 is 0 Å². The van der Waals surface area contributed by atoms with Crippen molar-refractivity contribution in [3.05, 3.63) is 23.4 Å². The number of halogens is 3. The van der Waals surface area contributed by atoms with Crippen molar-refractivity contribution in [1.82, 2.24) is 4.98 Å². The normalized spacial score (nSPS) is 11.3. The van der Waals surface area contributed by atoms with Crippen molar-refractivity contribution in [3.8, 4) is 5.88 Å². The van der Waals surface area contributed by atoms with Crippen LogP contribution < -0.4 is 10.5 Å². The van der Waals surface area contributed by atoms with Gasteiger partial charge in [0.05, 0.1) is 6.61 Å². The number of amides is 1. The molecular weight excluding hydrogens is 241 g/mol. The van der Waals surface area contributed by atoms with E-state index in [1.165, 1.54) is 0 Å². The van der Waals surface area contributed by atoms with Gasteiger partial charge in [-0.3, -0.25) is 4.79 Å². The smallest absolute Gasteiger partial charge is 0.433 e. The van der Waals surface area contributed by atoms with Crippen molar-refractivity contribution in [2.75, 3.05) is 13.2 Å². The molecule has 0 aliphatic heterocycles. The molecule has 0 aromatic carbocycles. The molecule has 1 aromatic heterocycles. The van der Waals surface area contributed by atoms with E-state index in [9.17, 15) is 18.0 Å². The maximum atomic E-state index is 12.3. The van der Waals surface area contributed by atoms with Crippen molar-refractivity contribution in [2.24, 2.45) is 5.73 Å². The third-order valence-electron chi connectivity index (χ3n) is 1.75. The SMILES string of the molecule is NC(=O)c1ccc(C(F)(F)F)nc1OCCO. The summed E-state index contributed by atoms with van der Waals surface area (Å²) in [5.74, 6) is -1.50. The minimum Gasteiger partial charge on any atom is -0.475 e. The fraction of sp³-hybridized carbons (Fsp3) is 0.333. The number of hydrogen-bond acceptors (Lipinski definition) is 4. The average Bonchev–Trinajstić information content (AvgIpc) is 2.24. The third kappa shape index (κ3) is 3.31. The molecule has 0 aliphatic carbocycles. The summed E-state index contributed by atoms with van der Waals surface area (Å²) >= 11 is 0. The van der Waals surface area contributed by atoms with Crippen LogP contribution in [0.15, 0.2) is 12.1 Å². The highest BCUT2D eigenvalue weighted by Crippen LogP contribution is 2.30. The Balaban J connectivity index is 3.14. The molecular formula is C9H9F3N2O3. The molecule has 17 heavy (non-hydrogen) atoms. The van der Waals surface area contributed by atoms with Gasteiger partial charge in [-0.2, -0.15) is 13.2 Å². The zero-order valence-electron chi connectivity index (χ0n) is 8.49. The molecule has 0 atom stereocenters. The van der Waals surface area contributed by atoms with Crippen LogP contribution in [-0.4, -0.2) is 29.2 Å². The zero-order valence-corrected chi connectivity index (χ0v) is 8.49. The van der Waals surface area contributed by atoms with E-state index < -0.39 is 30.3 Å². The van der Waals surface area contributed by atoms with Gasteiger partial charge in [-0.05, 0) is 12.1 Å². The maximum Gasteiger partial charge on any atom is 0.433 e. The molecule has 0 aliphatic rings. The minimum absolute atomic E-state index is 0.272. The molecule has 0 saturated carbocycles. The van der Waals surface area contributed by atoms with Gasteiger partial charge in [0.25, 0.3) is 5.91 Å². The highest BCUT2D eigenvalue weighted by atomic mass is 19.4. The van der Waals surface area contributed by atoms with Gasteiger partial charge in [0.2, 0.25) is 5.88 Å². The summed E-state index contributed by atoms with van der Waals surface area (Å²) in [5.41, 5.74) is 3.47. The first-order chi connectivity index (χ1) is 7.86. The van der Waals surface area contributed by atoms with Crippen LogP contribution in [0, 0.1) is 0 Å². The number of nitrogens with zero attached hydrogens (tertiary/aromatic N) is 1. The predicted molar refractivity (Wildman–Crippen MR) is 50.3 cm³/mol. The molecule has 5 nitrogen and oxygen atoms in total. The van der Waals surface area contributed by atoms with E-state index in [2.05, 4.69) is 4.98 Å². The van der Waals surface area contributed by atoms with Crippen LogP contribution in [0.5, 0.6) is 5.88 Å². The van der Waals surface area contributed by atoms with Gasteiger partial charge >= 0.3 is 6.18 Å². The van der Waals surface area contributed by atoms with Crippen molar-refractivity contribution in [1.29, 1.82) is 0 Å². The van der Waals surface area contributed by atoms with Gasteiger partial charge < -0.3 is 15.6 Å². The molecule has 1 aromatic rings. The predicted octanol–water partition coefficient (Wildman–Crippen LogP) is 0.570. The van der Waals surface area contributed by atoms with E-state index in [1.54, 1.807) is 0 Å². The summed E-state index contributed by atoms with van der Waals surface area (Å²) in [6, 6.07) is 1.51. The molecule has 3 N–H and O–H groups in total. The van der Waals surface area contributed by atoms with Crippen molar-refractivity contribution in [2.45, 2.75) is 6.18 Å². The first kappa shape index (κ1) is 13.2. The van der Waals surface area contributed by atoms with Crippen LogP contribution in [0.2, 0.25) is 0 Å². The second kappa shape index (κ2) is 5.00. The lowest BCUT2D eigenvalue weighted by molar-refractivity contribution is -0.141. The number of aromatic nitrogens is 1. The Bertz CT molecular complexity index is 420. The second-order valence-corrected chi connectivity index (χ2v) is 2.98. The van der Waals surface area contributed by atoms with E-state index in [0.717, 1.165) is 6.07 Å². The van der Waals surface area contributed by atoms with Crippen molar-refractivity contribution >= 4 is 5.91 Å². The number of carbonyl (C=O) groups is 1. The standard InChI is InChI=1S/C9H9F3N2O3/c10-9(11,12)6-2-1-5(7(13)16)8(14-6)17-4-3-15/h1-2,15H,3-4H2,(H2,13,16). The Hall–Kier alpha value is -1.83. The van der Waals surface area contributed by atoms with Crippen LogP contribution in [0.3, 0.4) is 0 Å². The number of carbonyl (C=O) groups excluding carboxylic acids is 1. The molecule has 1 rings (SSSR count). The molecule has 0 saturated heterocycles. The van der Waals surface area contributed by atoms with Gasteiger partial charge in [0.1, 0.15) is 17.9 Å². The topological polar surface area (TPSA) is 85.4 Å². The van der Waals surface area contributed by atoms with E-state index in [1.807, 2.05) is 0 Å². The number of aliphatic hydroxyl groups excluding tert-OH is 1. The van der Waals surface area contributed by atoms with Gasteiger partial charge in [0, 0.05) is 0 Å². The number of rotatable bonds is 4. The Morgan fingerprint density at radius 2 is 2.12 bits per heavy atom. The Kier molecular flexibility index (Phi) is 3.89. The van der Waals surface area contributed by atoms with Crippen molar-refractivity contribution in [3.63, 3.8) is 0 Å². The maximum absolute atomic E-state index is 12.3. The molecule has 0 fully saturated rings. The molecule has 0 bridgehead atoms. The van der Waals surface area contributed by atoms with Crippen LogP contribution in [0.1, 0.15) is 16.1 Å². The largest absolute Gasteiger partial charge is 0.475 e. The van der Waals surface area contributed by atoms with Crippen LogP contribution in [-0.2, 0) is 6.18 Å². The second-order valence-electron chi connectivity index (χ2n) is 2.98. The zero-order chi connectivity index (χ0) is 13.1. The van der Waals surface area contributed by atoms with E-state index in [0.29, 0.717) is 6.07 Å². The molecule has 1 amide bonds. The van der Waals surface area contributed by atoms with Gasteiger partial charge in [0.15, 0.2) is 0 Å². The van der Waals surface area contributed by atoms with E-state index in [-0.39, 0.29) is 12.2 Å². The van der Waals surface area contributed by atoms with E-state index in [4.69, 9.17) is 15.6 Å². The number of ether oxygens (including phenoxy) is 1. The summed E-state index contributed by atoms with van der Waals surface area (Å²) < 4.78 is 41.7. The summed E-state index contributed by atoms with van der Waals surface area (Å²) in [6.45, 7) is -0.704. The fourth-order valence-corrected chi connectivity index (χ4v) is 1.04. The summed E-state index contributed by atoms with van der Waals surface area (Å²) in [5, 5.41) is 8.50. The molecule has 0 spiro atoms. The van der Waals surface area contributed by atoms with Gasteiger partial charge in [-0.15, -0.1) is 0 Å². The highest BCUT2D eigenvalue weighted by molar-refractivity contribution is 5.95. The number of aliphatic hydroxyl groups is 1. The highest BCUT2D eigenvalue weighted by Gasteiger charge is 2.33. The quantitative estimate of drug-likeness (QED) is 0.818. The molecule has 8 heteroatoms. The number of primary amides is 1. The molecule has 0 radical (unpaired) electrons. The lowest BCUT2D eigenvalue weighted by atomic mass is 10.2. The average molecular weight is 250 g/mol. The van der Waals surface area contributed by atoms with Crippen LogP contribution in [0.25, 0.3) is 0 Å². The van der Waals surface area contributed by atoms with E-state index >= 15 is 0 Å². The van der Waals surface area contributed by atoms with Gasteiger partial charge in [-0.1, -0.05) is 0 Å². The lowest BCUT2D eigenvalue weighted by Gasteiger charge is -2.11. The Labute approximate surface area is 94.0 Å². The number of pyridine rings is 1.